The number of thioether (sulfide) groups is 6. The van der Waals surface area contributed by atoms with Crippen molar-refractivity contribution in [1.82, 2.24) is 0 Å². The summed E-state index contributed by atoms with van der Waals surface area (Å²) in [6.07, 6.45) is 6.34. The minimum atomic E-state index is -0.321. The highest BCUT2D eigenvalue weighted by Crippen LogP contribution is 2.40. The van der Waals surface area contributed by atoms with Crippen molar-refractivity contribution in [3.8, 4) is 0 Å². The molecule has 0 aromatic heterocycles. The molecule has 0 aliphatic carbocycles. The summed E-state index contributed by atoms with van der Waals surface area (Å²) in [6.45, 7) is 7.86. The average molecular weight is 541 g/mol. The Labute approximate surface area is 212 Å². The summed E-state index contributed by atoms with van der Waals surface area (Å²) in [5, 5.41) is 0.843. The first kappa shape index (κ1) is 27.8. The van der Waals surface area contributed by atoms with E-state index in [1.54, 1.807) is 0 Å². The van der Waals surface area contributed by atoms with Crippen LogP contribution in [0, 0.1) is 0 Å². The Morgan fingerprint density at radius 2 is 1.26 bits per heavy atom. The van der Waals surface area contributed by atoms with Gasteiger partial charge in [-0.15, -0.1) is 47.0 Å². The largest absolute Gasteiger partial charge is 0.461 e. The standard InChI is InChI=1S/C21H32O4S6/c1-3-18(22)24-10-16-12-28-20(30-16)14-26-8-6-5-7-9-27-15-21-29-13-17(31-21)11-25-19(23)4-2/h3-4,16-17,20-21H,1-2,5-15H2. The predicted molar refractivity (Wildman–Crippen MR) is 146 cm³/mol. The molecule has 0 aromatic rings. The zero-order chi connectivity index (χ0) is 22.3. The van der Waals surface area contributed by atoms with E-state index in [1.165, 1.54) is 54.4 Å². The number of esters is 2. The average Bonchev–Trinajstić information content (AvgIpc) is 3.43. The van der Waals surface area contributed by atoms with E-state index < -0.39 is 0 Å². The fourth-order valence-electron chi connectivity index (χ4n) is 2.78. The summed E-state index contributed by atoms with van der Waals surface area (Å²) in [5.74, 6) is 6.31. The van der Waals surface area contributed by atoms with E-state index in [0.29, 0.717) is 32.9 Å². The van der Waals surface area contributed by atoms with Gasteiger partial charge < -0.3 is 9.47 Å². The van der Waals surface area contributed by atoms with Gasteiger partial charge in [0.1, 0.15) is 13.2 Å². The lowest BCUT2D eigenvalue weighted by Crippen LogP contribution is -2.14. The second-order valence-electron chi connectivity index (χ2n) is 6.92. The Bertz CT molecular complexity index is 528. The zero-order valence-corrected chi connectivity index (χ0v) is 22.6. The van der Waals surface area contributed by atoms with Crippen molar-refractivity contribution in [1.29, 1.82) is 0 Å². The maximum Gasteiger partial charge on any atom is 0.330 e. The quantitative estimate of drug-likeness (QED) is 0.144. The monoisotopic (exact) mass is 540 g/mol. The number of ether oxygens (including phenoxy) is 2. The van der Waals surface area contributed by atoms with Gasteiger partial charge in [0.2, 0.25) is 0 Å². The molecule has 10 heteroatoms. The second-order valence-corrected chi connectivity index (χ2v) is 15.3. The van der Waals surface area contributed by atoms with Crippen LogP contribution in [-0.4, -0.2) is 79.3 Å². The molecule has 2 saturated heterocycles. The van der Waals surface area contributed by atoms with Gasteiger partial charge in [0.15, 0.2) is 0 Å². The summed E-state index contributed by atoms with van der Waals surface area (Å²) < 4.78 is 11.5. The van der Waals surface area contributed by atoms with Gasteiger partial charge in [0, 0.05) is 45.7 Å². The van der Waals surface area contributed by atoms with Crippen molar-refractivity contribution in [2.45, 2.75) is 38.9 Å². The minimum absolute atomic E-state index is 0.321. The highest BCUT2D eigenvalue weighted by atomic mass is 32.2. The van der Waals surface area contributed by atoms with Crippen LogP contribution in [-0.2, 0) is 19.1 Å². The van der Waals surface area contributed by atoms with Crippen molar-refractivity contribution < 1.29 is 19.1 Å². The Hall–Kier alpha value is 0.520. The molecule has 4 unspecified atom stereocenters. The van der Waals surface area contributed by atoms with Crippen molar-refractivity contribution >= 4 is 82.5 Å². The minimum Gasteiger partial charge on any atom is -0.461 e. The molecule has 2 aliphatic heterocycles. The van der Waals surface area contributed by atoms with Crippen LogP contribution in [0.1, 0.15) is 19.3 Å². The molecular weight excluding hydrogens is 509 g/mol. The summed E-state index contributed by atoms with van der Waals surface area (Å²) >= 11 is 12.0. The zero-order valence-electron chi connectivity index (χ0n) is 17.7. The topological polar surface area (TPSA) is 52.6 Å². The number of hydrogen-bond acceptors (Lipinski definition) is 10. The van der Waals surface area contributed by atoms with E-state index in [4.69, 9.17) is 9.47 Å². The molecule has 0 spiro atoms. The van der Waals surface area contributed by atoms with Crippen LogP contribution in [0.5, 0.6) is 0 Å². The first-order valence-corrected chi connectivity index (χ1v) is 16.7. The third-order valence-electron chi connectivity index (χ3n) is 4.37. The van der Waals surface area contributed by atoms with Gasteiger partial charge in [-0.2, -0.15) is 23.5 Å². The molecule has 0 saturated carbocycles. The molecule has 0 radical (unpaired) electrons. The molecule has 176 valence electrons. The van der Waals surface area contributed by atoms with Gasteiger partial charge in [-0.05, 0) is 24.3 Å². The van der Waals surface area contributed by atoms with E-state index in [9.17, 15) is 9.59 Å². The Kier molecular flexibility index (Phi) is 15.3. The molecule has 0 N–H and O–H groups in total. The summed E-state index contributed by atoms with van der Waals surface area (Å²) in [4.78, 5) is 22.3. The normalized spacial score (nSPS) is 25.3. The van der Waals surface area contributed by atoms with E-state index in [2.05, 4.69) is 36.7 Å². The SMILES string of the molecule is C=CC(=O)OCC1CSC(CSCCCCCSCC2SCC(COC(=O)C=C)S2)S1. The van der Waals surface area contributed by atoms with Gasteiger partial charge in [-0.3, -0.25) is 0 Å². The molecule has 2 aliphatic rings. The van der Waals surface area contributed by atoms with Gasteiger partial charge in [0.25, 0.3) is 0 Å². The Morgan fingerprint density at radius 3 is 1.68 bits per heavy atom. The van der Waals surface area contributed by atoms with Crippen LogP contribution in [0.3, 0.4) is 0 Å². The number of carbonyl (C=O) groups excluding carboxylic acids is 2. The van der Waals surface area contributed by atoms with Crippen LogP contribution in [0.25, 0.3) is 0 Å². The molecule has 0 aromatic carbocycles. The summed E-state index contributed by atoms with van der Waals surface area (Å²) in [7, 11) is 0. The molecular formula is C21H32O4S6. The molecule has 0 amide bonds. The van der Waals surface area contributed by atoms with Crippen molar-refractivity contribution in [2.24, 2.45) is 0 Å². The van der Waals surface area contributed by atoms with E-state index in [-0.39, 0.29) is 11.9 Å². The molecule has 2 rings (SSSR count). The third kappa shape index (κ3) is 12.5. The predicted octanol–water partition coefficient (Wildman–Crippen LogP) is 5.43. The number of hydrogen-bond donors (Lipinski definition) is 0. The first-order valence-electron chi connectivity index (χ1n) is 10.4. The number of unbranched alkanes of at least 4 members (excludes halogenated alkanes) is 2. The Morgan fingerprint density at radius 1 is 0.806 bits per heavy atom. The van der Waals surface area contributed by atoms with Crippen molar-refractivity contribution in [3.63, 3.8) is 0 Å². The Balaban J connectivity index is 1.36. The van der Waals surface area contributed by atoms with Gasteiger partial charge >= 0.3 is 11.9 Å². The van der Waals surface area contributed by atoms with Crippen molar-refractivity contribution in [3.05, 3.63) is 25.3 Å². The van der Waals surface area contributed by atoms with E-state index in [1.807, 2.05) is 47.0 Å². The maximum absolute atomic E-state index is 11.1. The third-order valence-corrected chi connectivity index (χ3v) is 14.0. The van der Waals surface area contributed by atoms with Crippen molar-refractivity contribution in [2.75, 3.05) is 47.7 Å². The van der Waals surface area contributed by atoms with Crippen LogP contribution in [0.2, 0.25) is 0 Å². The fraction of sp³-hybridized carbons (Fsp3) is 0.714. The van der Waals surface area contributed by atoms with Gasteiger partial charge in [0.05, 0.1) is 9.16 Å². The summed E-state index contributed by atoms with van der Waals surface area (Å²) in [6, 6.07) is 0. The van der Waals surface area contributed by atoms with E-state index >= 15 is 0 Å². The molecule has 31 heavy (non-hydrogen) atoms. The van der Waals surface area contributed by atoms with Crippen LogP contribution >= 0.6 is 70.6 Å². The van der Waals surface area contributed by atoms with Gasteiger partial charge in [-0.1, -0.05) is 19.6 Å². The highest BCUT2D eigenvalue weighted by molar-refractivity contribution is 8.22. The van der Waals surface area contributed by atoms with Crippen LogP contribution < -0.4 is 0 Å². The lowest BCUT2D eigenvalue weighted by Gasteiger charge is -2.11. The van der Waals surface area contributed by atoms with Crippen LogP contribution in [0.15, 0.2) is 25.3 Å². The fourth-order valence-corrected chi connectivity index (χ4v) is 12.2. The second kappa shape index (κ2) is 17.0. The first-order chi connectivity index (χ1) is 15.1. The van der Waals surface area contributed by atoms with E-state index in [0.717, 1.165) is 11.5 Å². The maximum atomic E-state index is 11.1. The van der Waals surface area contributed by atoms with Gasteiger partial charge in [-0.25, -0.2) is 9.59 Å². The molecule has 0 bridgehead atoms. The summed E-state index contributed by atoms with van der Waals surface area (Å²) in [5.41, 5.74) is 0. The lowest BCUT2D eigenvalue weighted by atomic mass is 10.3. The lowest BCUT2D eigenvalue weighted by molar-refractivity contribution is -0.138. The molecule has 2 heterocycles. The number of carbonyl (C=O) groups is 2. The molecule has 4 atom stereocenters. The molecule has 4 nitrogen and oxygen atoms in total. The number of rotatable bonds is 16. The smallest absolute Gasteiger partial charge is 0.330 e. The van der Waals surface area contributed by atoms with Crippen LogP contribution in [0.4, 0.5) is 0 Å². The molecule has 2 fully saturated rings. The highest BCUT2D eigenvalue weighted by Gasteiger charge is 2.27.